The lowest BCUT2D eigenvalue weighted by atomic mass is 10.0. The highest BCUT2D eigenvalue weighted by molar-refractivity contribution is 5.80. The molecular weight excluding hydrogens is 268 g/mol. The van der Waals surface area contributed by atoms with Crippen LogP contribution in [0.1, 0.15) is 22.4 Å². The van der Waals surface area contributed by atoms with Crippen molar-refractivity contribution in [3.05, 3.63) is 95.3 Å². The van der Waals surface area contributed by atoms with E-state index in [0.717, 1.165) is 17.8 Å². The Kier molecular flexibility index (Phi) is 4.40. The molecule has 0 saturated carbocycles. The summed E-state index contributed by atoms with van der Waals surface area (Å²) < 4.78 is 0. The maximum Gasteiger partial charge on any atom is 0.0812 e. The molecule has 0 aliphatic rings. The van der Waals surface area contributed by atoms with E-state index in [0.29, 0.717) is 0 Å². The van der Waals surface area contributed by atoms with Crippen molar-refractivity contribution in [1.29, 1.82) is 0 Å². The summed E-state index contributed by atoms with van der Waals surface area (Å²) in [6.45, 7) is 2.10. The lowest BCUT2D eigenvalue weighted by Gasteiger charge is -2.08. The van der Waals surface area contributed by atoms with Gasteiger partial charge in [-0.05, 0) is 42.2 Å². The molecule has 0 aliphatic carbocycles. The second-order valence-corrected chi connectivity index (χ2v) is 5.26. The lowest BCUT2D eigenvalue weighted by molar-refractivity contribution is 1.17. The smallest absolute Gasteiger partial charge is 0.0812 e. The Morgan fingerprint density at radius 3 is 2.50 bits per heavy atom. The van der Waals surface area contributed by atoms with E-state index >= 15 is 0 Å². The molecule has 0 atom stereocenters. The van der Waals surface area contributed by atoms with Crippen LogP contribution >= 0.6 is 0 Å². The Balaban J connectivity index is 1.92. The number of hydrogen-bond acceptors (Lipinski definition) is 2. The first kappa shape index (κ1) is 14.2. The van der Waals surface area contributed by atoms with Crippen molar-refractivity contribution in [2.24, 2.45) is 4.99 Å². The molecule has 2 nitrogen and oxygen atoms in total. The summed E-state index contributed by atoms with van der Waals surface area (Å²) in [5, 5.41) is 0. The van der Waals surface area contributed by atoms with E-state index < -0.39 is 0 Å². The first-order valence-electron chi connectivity index (χ1n) is 7.40. The highest BCUT2D eigenvalue weighted by atomic mass is 14.8. The molecule has 1 heterocycles. The minimum atomic E-state index is 0.872. The van der Waals surface area contributed by atoms with Crippen molar-refractivity contribution in [3.8, 4) is 0 Å². The molecule has 0 radical (unpaired) electrons. The van der Waals surface area contributed by atoms with Crippen LogP contribution in [0.25, 0.3) is 0 Å². The Morgan fingerprint density at radius 2 is 1.73 bits per heavy atom. The number of nitrogens with zero attached hydrogens (tertiary/aromatic N) is 2. The van der Waals surface area contributed by atoms with Crippen molar-refractivity contribution >= 4 is 11.9 Å². The van der Waals surface area contributed by atoms with Gasteiger partial charge in [0.2, 0.25) is 0 Å². The molecule has 0 unspecified atom stereocenters. The molecule has 0 bridgehead atoms. The number of rotatable bonds is 4. The van der Waals surface area contributed by atoms with Crippen LogP contribution in [0.4, 0.5) is 5.69 Å². The summed E-state index contributed by atoms with van der Waals surface area (Å²) >= 11 is 0. The number of hydrogen-bond donors (Lipinski definition) is 0. The molecule has 108 valence electrons. The van der Waals surface area contributed by atoms with Gasteiger partial charge in [0.1, 0.15) is 0 Å². The summed E-state index contributed by atoms with van der Waals surface area (Å²) in [5.74, 6) is 0. The summed E-state index contributed by atoms with van der Waals surface area (Å²) in [5.41, 5.74) is 5.62. The van der Waals surface area contributed by atoms with Crippen LogP contribution in [0.15, 0.2) is 77.9 Å². The van der Waals surface area contributed by atoms with Gasteiger partial charge in [0.15, 0.2) is 0 Å². The third-order valence-electron chi connectivity index (χ3n) is 3.57. The van der Waals surface area contributed by atoms with Gasteiger partial charge in [-0.3, -0.25) is 9.98 Å². The van der Waals surface area contributed by atoms with Crippen LogP contribution in [0.3, 0.4) is 0 Å². The maximum absolute atomic E-state index is 4.68. The molecule has 3 rings (SSSR count). The number of para-hydroxylation sites is 1. The number of aryl methyl sites for hydroxylation is 1. The van der Waals surface area contributed by atoms with Gasteiger partial charge < -0.3 is 0 Å². The van der Waals surface area contributed by atoms with E-state index in [4.69, 9.17) is 0 Å². The van der Waals surface area contributed by atoms with Crippen LogP contribution in [0, 0.1) is 6.92 Å². The predicted molar refractivity (Wildman–Crippen MR) is 91.9 cm³/mol. The minimum Gasteiger partial charge on any atom is -0.255 e. The van der Waals surface area contributed by atoms with E-state index in [1.165, 1.54) is 16.7 Å². The fraction of sp³-hybridized carbons (Fsp3) is 0.100. The largest absolute Gasteiger partial charge is 0.255 e. The van der Waals surface area contributed by atoms with Crippen molar-refractivity contribution in [2.75, 3.05) is 0 Å². The molecule has 2 aromatic carbocycles. The molecule has 0 saturated heterocycles. The standard InChI is InChI=1S/C20H18N2/c1-16-8-7-11-18(14-17-9-3-2-4-10-17)20(16)22-15-19-12-5-6-13-21-19/h2-13,15H,14H2,1H3. The Bertz CT molecular complexity index is 762. The Labute approximate surface area is 131 Å². The zero-order valence-electron chi connectivity index (χ0n) is 12.6. The summed E-state index contributed by atoms with van der Waals surface area (Å²) in [6, 6.07) is 22.6. The number of benzene rings is 2. The zero-order chi connectivity index (χ0) is 15.2. The quantitative estimate of drug-likeness (QED) is 0.636. The van der Waals surface area contributed by atoms with Crippen LogP contribution in [-0.4, -0.2) is 11.2 Å². The molecule has 3 aromatic rings. The van der Waals surface area contributed by atoms with Crippen LogP contribution in [0.2, 0.25) is 0 Å². The van der Waals surface area contributed by atoms with E-state index in [-0.39, 0.29) is 0 Å². The molecule has 0 fully saturated rings. The fourth-order valence-electron chi connectivity index (χ4n) is 2.45. The highest BCUT2D eigenvalue weighted by Gasteiger charge is 2.05. The third kappa shape index (κ3) is 3.47. The predicted octanol–water partition coefficient (Wildman–Crippen LogP) is 4.73. The van der Waals surface area contributed by atoms with E-state index in [2.05, 4.69) is 59.4 Å². The number of aliphatic imine (C=N–C) groups is 1. The average Bonchev–Trinajstić information content (AvgIpc) is 2.56. The SMILES string of the molecule is Cc1cccc(Cc2ccccc2)c1N=Cc1ccccn1. The van der Waals surface area contributed by atoms with Gasteiger partial charge in [-0.1, -0.05) is 54.6 Å². The second kappa shape index (κ2) is 6.81. The summed E-state index contributed by atoms with van der Waals surface area (Å²) in [7, 11) is 0. The van der Waals surface area contributed by atoms with Crippen molar-refractivity contribution in [2.45, 2.75) is 13.3 Å². The molecule has 1 aromatic heterocycles. The maximum atomic E-state index is 4.68. The first-order chi connectivity index (χ1) is 10.8. The molecule has 0 aliphatic heterocycles. The monoisotopic (exact) mass is 286 g/mol. The van der Waals surface area contributed by atoms with Gasteiger partial charge in [0.05, 0.1) is 17.6 Å². The number of pyridine rings is 1. The summed E-state index contributed by atoms with van der Waals surface area (Å²) in [6.07, 6.45) is 4.50. The number of aromatic nitrogens is 1. The average molecular weight is 286 g/mol. The Morgan fingerprint density at radius 1 is 0.909 bits per heavy atom. The molecular formula is C20H18N2. The van der Waals surface area contributed by atoms with Crippen molar-refractivity contribution in [3.63, 3.8) is 0 Å². The molecule has 0 spiro atoms. The van der Waals surface area contributed by atoms with E-state index in [1.54, 1.807) is 6.20 Å². The topological polar surface area (TPSA) is 25.2 Å². The molecule has 0 N–H and O–H groups in total. The van der Waals surface area contributed by atoms with E-state index in [1.807, 2.05) is 30.5 Å². The lowest BCUT2D eigenvalue weighted by Crippen LogP contribution is -1.92. The van der Waals surface area contributed by atoms with Crippen LogP contribution < -0.4 is 0 Å². The minimum absolute atomic E-state index is 0.872. The second-order valence-electron chi connectivity index (χ2n) is 5.26. The van der Waals surface area contributed by atoms with E-state index in [9.17, 15) is 0 Å². The van der Waals surface area contributed by atoms with Gasteiger partial charge in [-0.15, -0.1) is 0 Å². The normalized spacial score (nSPS) is 11.0. The highest BCUT2D eigenvalue weighted by Crippen LogP contribution is 2.26. The summed E-state index contributed by atoms with van der Waals surface area (Å²) in [4.78, 5) is 8.97. The molecule has 22 heavy (non-hydrogen) atoms. The zero-order valence-corrected chi connectivity index (χ0v) is 12.6. The fourth-order valence-corrected chi connectivity index (χ4v) is 2.45. The van der Waals surface area contributed by atoms with Crippen LogP contribution in [0.5, 0.6) is 0 Å². The van der Waals surface area contributed by atoms with Crippen LogP contribution in [-0.2, 0) is 6.42 Å². The first-order valence-corrected chi connectivity index (χ1v) is 7.40. The molecule has 2 heteroatoms. The van der Waals surface area contributed by atoms with Gasteiger partial charge in [0.25, 0.3) is 0 Å². The Hall–Kier alpha value is -2.74. The molecule has 0 amide bonds. The van der Waals surface area contributed by atoms with Gasteiger partial charge in [-0.25, -0.2) is 0 Å². The van der Waals surface area contributed by atoms with Crippen molar-refractivity contribution in [1.82, 2.24) is 4.98 Å². The van der Waals surface area contributed by atoms with Crippen molar-refractivity contribution < 1.29 is 0 Å². The third-order valence-corrected chi connectivity index (χ3v) is 3.57. The van der Waals surface area contributed by atoms with Gasteiger partial charge in [0, 0.05) is 6.20 Å². The van der Waals surface area contributed by atoms with Gasteiger partial charge in [-0.2, -0.15) is 0 Å². The van der Waals surface area contributed by atoms with Gasteiger partial charge >= 0.3 is 0 Å².